The van der Waals surface area contributed by atoms with Gasteiger partial charge in [0, 0.05) is 6.54 Å². The van der Waals surface area contributed by atoms with Gasteiger partial charge in [-0.15, -0.1) is 0 Å². The van der Waals surface area contributed by atoms with Crippen LogP contribution in [0.25, 0.3) is 0 Å². The highest BCUT2D eigenvalue weighted by molar-refractivity contribution is 5.81. The Morgan fingerprint density at radius 1 is 1.44 bits per heavy atom. The van der Waals surface area contributed by atoms with Crippen molar-refractivity contribution in [2.75, 3.05) is 6.54 Å². The molecular formula is C12H24N2O2. The van der Waals surface area contributed by atoms with Crippen LogP contribution in [0.1, 0.15) is 51.9 Å². The summed E-state index contributed by atoms with van der Waals surface area (Å²) < 4.78 is 0. The van der Waals surface area contributed by atoms with Gasteiger partial charge >= 0.3 is 0 Å². The van der Waals surface area contributed by atoms with Gasteiger partial charge in [-0.2, -0.15) is 0 Å². The third-order valence-corrected chi connectivity index (χ3v) is 3.31. The van der Waals surface area contributed by atoms with E-state index in [1.54, 1.807) is 0 Å². The van der Waals surface area contributed by atoms with Crippen LogP contribution in [0.3, 0.4) is 0 Å². The predicted octanol–water partition coefficient (Wildman–Crippen LogP) is 0.925. The van der Waals surface area contributed by atoms with Crippen LogP contribution < -0.4 is 11.1 Å². The molecule has 0 unspecified atom stereocenters. The minimum absolute atomic E-state index is 0.138. The summed E-state index contributed by atoms with van der Waals surface area (Å²) in [7, 11) is 0. The Bertz CT molecular complexity index is 225. The number of hydrogen-bond donors (Lipinski definition) is 3. The van der Waals surface area contributed by atoms with Crippen LogP contribution >= 0.6 is 0 Å². The number of carbonyl (C=O) groups excluding carboxylic acids is 1. The summed E-state index contributed by atoms with van der Waals surface area (Å²) in [6.07, 6.45) is 6.46. The fourth-order valence-corrected chi connectivity index (χ4v) is 2.21. The van der Waals surface area contributed by atoms with Gasteiger partial charge in [0.2, 0.25) is 5.91 Å². The van der Waals surface area contributed by atoms with E-state index in [-0.39, 0.29) is 5.91 Å². The lowest BCUT2D eigenvalue weighted by Gasteiger charge is -2.32. The molecule has 0 radical (unpaired) electrons. The predicted molar refractivity (Wildman–Crippen MR) is 63.9 cm³/mol. The highest BCUT2D eigenvalue weighted by atomic mass is 16.3. The van der Waals surface area contributed by atoms with E-state index in [4.69, 9.17) is 5.73 Å². The number of amides is 1. The summed E-state index contributed by atoms with van der Waals surface area (Å²) in [6, 6.07) is -0.433. The maximum atomic E-state index is 11.6. The molecule has 0 aromatic carbocycles. The summed E-state index contributed by atoms with van der Waals surface area (Å²) in [5.74, 6) is -0.138. The highest BCUT2D eigenvalue weighted by Crippen LogP contribution is 2.27. The lowest BCUT2D eigenvalue weighted by atomic mass is 9.85. The molecule has 0 bridgehead atoms. The van der Waals surface area contributed by atoms with Crippen molar-refractivity contribution in [3.63, 3.8) is 0 Å². The third kappa shape index (κ3) is 4.10. The van der Waals surface area contributed by atoms with Gasteiger partial charge in [0.1, 0.15) is 0 Å². The third-order valence-electron chi connectivity index (χ3n) is 3.31. The number of carbonyl (C=O) groups is 1. The van der Waals surface area contributed by atoms with Gasteiger partial charge in [0.15, 0.2) is 0 Å². The second kappa shape index (κ2) is 6.21. The Morgan fingerprint density at radius 2 is 2.06 bits per heavy atom. The quantitative estimate of drug-likeness (QED) is 0.655. The molecule has 1 fully saturated rings. The minimum atomic E-state index is -0.695. The van der Waals surface area contributed by atoms with Gasteiger partial charge in [-0.1, -0.05) is 32.6 Å². The molecule has 0 saturated heterocycles. The Kier molecular flexibility index (Phi) is 5.22. The fraction of sp³-hybridized carbons (Fsp3) is 0.917. The highest BCUT2D eigenvalue weighted by Gasteiger charge is 2.29. The average molecular weight is 228 g/mol. The van der Waals surface area contributed by atoms with E-state index in [2.05, 4.69) is 5.32 Å². The Labute approximate surface area is 97.6 Å². The van der Waals surface area contributed by atoms with Crippen molar-refractivity contribution in [3.8, 4) is 0 Å². The van der Waals surface area contributed by atoms with E-state index in [9.17, 15) is 9.90 Å². The fourth-order valence-electron chi connectivity index (χ4n) is 2.21. The number of aliphatic hydroxyl groups is 1. The van der Waals surface area contributed by atoms with Gasteiger partial charge in [-0.3, -0.25) is 4.79 Å². The van der Waals surface area contributed by atoms with Crippen LogP contribution in [0.5, 0.6) is 0 Å². The average Bonchev–Trinajstić information content (AvgIpc) is 2.27. The Hall–Kier alpha value is -0.610. The van der Waals surface area contributed by atoms with Gasteiger partial charge < -0.3 is 16.2 Å². The lowest BCUT2D eigenvalue weighted by molar-refractivity contribution is -0.124. The number of hydrogen-bond acceptors (Lipinski definition) is 3. The molecule has 1 saturated carbocycles. The summed E-state index contributed by atoms with van der Waals surface area (Å²) >= 11 is 0. The summed E-state index contributed by atoms with van der Waals surface area (Å²) in [4.78, 5) is 11.6. The largest absolute Gasteiger partial charge is 0.388 e. The van der Waals surface area contributed by atoms with Gasteiger partial charge in [0.05, 0.1) is 11.6 Å². The van der Waals surface area contributed by atoms with Crippen molar-refractivity contribution < 1.29 is 9.90 Å². The smallest absolute Gasteiger partial charge is 0.237 e. The normalized spacial score (nSPS) is 21.4. The van der Waals surface area contributed by atoms with Gasteiger partial charge in [-0.05, 0) is 19.3 Å². The van der Waals surface area contributed by atoms with Crippen molar-refractivity contribution >= 4 is 5.91 Å². The molecule has 16 heavy (non-hydrogen) atoms. The van der Waals surface area contributed by atoms with E-state index in [1.807, 2.05) is 6.92 Å². The molecule has 0 heterocycles. The molecule has 0 aromatic rings. The number of rotatable bonds is 5. The van der Waals surface area contributed by atoms with Crippen LogP contribution in [0.15, 0.2) is 0 Å². The van der Waals surface area contributed by atoms with Crippen molar-refractivity contribution in [1.82, 2.24) is 5.32 Å². The van der Waals surface area contributed by atoms with E-state index < -0.39 is 11.6 Å². The first kappa shape index (κ1) is 13.5. The zero-order valence-electron chi connectivity index (χ0n) is 10.2. The molecule has 1 amide bonds. The second-order valence-electron chi connectivity index (χ2n) is 4.90. The van der Waals surface area contributed by atoms with Crippen LogP contribution in [-0.2, 0) is 4.79 Å². The zero-order chi connectivity index (χ0) is 12.0. The standard InChI is InChI=1S/C12H24N2O2/c1-2-6-10(13)11(15)14-9-12(16)7-4-3-5-8-12/h10,16H,2-9,13H2,1H3,(H,14,15)/t10-/m1/s1. The maximum absolute atomic E-state index is 11.6. The second-order valence-corrected chi connectivity index (χ2v) is 4.90. The molecule has 4 nitrogen and oxygen atoms in total. The Morgan fingerprint density at radius 3 is 2.62 bits per heavy atom. The SMILES string of the molecule is CCC[C@@H](N)C(=O)NCC1(O)CCCCC1. The molecule has 0 spiro atoms. The van der Waals surface area contributed by atoms with E-state index in [1.165, 1.54) is 6.42 Å². The molecule has 0 aliphatic heterocycles. The number of nitrogens with one attached hydrogen (secondary N) is 1. The molecule has 94 valence electrons. The Balaban J connectivity index is 2.29. The number of nitrogens with two attached hydrogens (primary N) is 1. The topological polar surface area (TPSA) is 75.4 Å². The van der Waals surface area contributed by atoms with Crippen molar-refractivity contribution in [3.05, 3.63) is 0 Å². The summed E-state index contributed by atoms with van der Waals surface area (Å²) in [6.45, 7) is 2.35. The van der Waals surface area contributed by atoms with Crippen molar-refractivity contribution in [2.45, 2.75) is 63.5 Å². The molecule has 1 atom stereocenters. The molecule has 0 aromatic heterocycles. The summed E-state index contributed by atoms with van der Waals surface area (Å²) in [5.41, 5.74) is 5.00. The van der Waals surface area contributed by atoms with Crippen molar-refractivity contribution in [2.24, 2.45) is 5.73 Å². The van der Waals surface area contributed by atoms with Crippen molar-refractivity contribution in [1.29, 1.82) is 0 Å². The molecule has 1 rings (SSSR count). The summed E-state index contributed by atoms with van der Waals surface area (Å²) in [5, 5.41) is 12.9. The van der Waals surface area contributed by atoms with E-state index in [0.29, 0.717) is 13.0 Å². The van der Waals surface area contributed by atoms with E-state index >= 15 is 0 Å². The van der Waals surface area contributed by atoms with Gasteiger partial charge in [0.25, 0.3) is 0 Å². The molecule has 4 N–H and O–H groups in total. The molecule has 4 heteroatoms. The lowest BCUT2D eigenvalue weighted by Crippen LogP contribution is -2.48. The maximum Gasteiger partial charge on any atom is 0.237 e. The van der Waals surface area contributed by atoms with Crippen LogP contribution in [0.4, 0.5) is 0 Å². The first-order valence-corrected chi connectivity index (χ1v) is 6.33. The van der Waals surface area contributed by atoms with Crippen LogP contribution in [-0.4, -0.2) is 29.2 Å². The van der Waals surface area contributed by atoms with Crippen LogP contribution in [0, 0.1) is 0 Å². The van der Waals surface area contributed by atoms with E-state index in [0.717, 1.165) is 32.1 Å². The molecule has 1 aliphatic carbocycles. The molecule has 1 aliphatic rings. The first-order valence-electron chi connectivity index (χ1n) is 6.33. The monoisotopic (exact) mass is 228 g/mol. The molecular weight excluding hydrogens is 204 g/mol. The first-order chi connectivity index (χ1) is 7.57. The van der Waals surface area contributed by atoms with Gasteiger partial charge in [-0.25, -0.2) is 0 Å². The van der Waals surface area contributed by atoms with Crippen LogP contribution in [0.2, 0.25) is 0 Å². The zero-order valence-corrected chi connectivity index (χ0v) is 10.2. The minimum Gasteiger partial charge on any atom is -0.388 e.